The quantitative estimate of drug-likeness (QED) is 0.557. The van der Waals surface area contributed by atoms with Gasteiger partial charge in [-0.25, -0.2) is 0 Å². The van der Waals surface area contributed by atoms with Gasteiger partial charge < -0.3 is 10.5 Å². The highest BCUT2D eigenvalue weighted by atomic mass is 16.5. The molecule has 0 radical (unpaired) electrons. The summed E-state index contributed by atoms with van der Waals surface area (Å²) in [7, 11) is 0. The molecule has 5 heteroatoms. The number of aromatic nitrogens is 1. The number of primary amides is 1. The van der Waals surface area contributed by atoms with Crippen molar-refractivity contribution in [3.8, 4) is 5.75 Å². The van der Waals surface area contributed by atoms with E-state index in [1.54, 1.807) is 31.2 Å². The maximum atomic E-state index is 13.3. The molecule has 0 atom stereocenters. The van der Waals surface area contributed by atoms with Crippen molar-refractivity contribution < 1.29 is 14.3 Å². The molecule has 5 nitrogen and oxygen atoms in total. The van der Waals surface area contributed by atoms with Crippen LogP contribution in [-0.2, 0) is 6.61 Å². The maximum Gasteiger partial charge on any atom is 0.262 e. The average Bonchev–Trinajstić information content (AvgIpc) is 3.04. The van der Waals surface area contributed by atoms with Gasteiger partial charge in [0, 0.05) is 16.6 Å². The molecule has 29 heavy (non-hydrogen) atoms. The highest BCUT2D eigenvalue weighted by molar-refractivity contribution is 6.12. The molecule has 0 bridgehead atoms. The minimum absolute atomic E-state index is 0.239. The summed E-state index contributed by atoms with van der Waals surface area (Å²) in [6.45, 7) is 2.14. The molecule has 4 aromatic rings. The van der Waals surface area contributed by atoms with Crippen molar-refractivity contribution in [2.75, 3.05) is 0 Å². The van der Waals surface area contributed by atoms with Crippen LogP contribution in [0.4, 0.5) is 0 Å². The number of rotatable bonds is 5. The Bertz CT molecular complexity index is 1210. The van der Waals surface area contributed by atoms with E-state index < -0.39 is 5.91 Å². The fourth-order valence-corrected chi connectivity index (χ4v) is 3.53. The van der Waals surface area contributed by atoms with Crippen molar-refractivity contribution in [3.63, 3.8) is 0 Å². The lowest BCUT2D eigenvalue weighted by Gasteiger charge is -2.10. The van der Waals surface area contributed by atoms with Gasteiger partial charge in [0.25, 0.3) is 11.8 Å². The van der Waals surface area contributed by atoms with Crippen molar-refractivity contribution >= 4 is 22.7 Å². The molecule has 0 fully saturated rings. The number of nitrogens with zero attached hydrogens (tertiary/aromatic N) is 1. The number of ether oxygens (including phenoxy) is 1. The summed E-state index contributed by atoms with van der Waals surface area (Å²) >= 11 is 0. The van der Waals surface area contributed by atoms with Gasteiger partial charge in [-0.05, 0) is 36.8 Å². The van der Waals surface area contributed by atoms with Crippen LogP contribution in [-0.4, -0.2) is 16.4 Å². The molecule has 0 aliphatic carbocycles. The Morgan fingerprint density at radius 2 is 1.66 bits per heavy atom. The van der Waals surface area contributed by atoms with Crippen LogP contribution < -0.4 is 10.5 Å². The van der Waals surface area contributed by atoms with Crippen LogP contribution in [0, 0.1) is 6.92 Å². The van der Waals surface area contributed by atoms with Crippen molar-refractivity contribution in [1.82, 2.24) is 4.57 Å². The first-order valence-corrected chi connectivity index (χ1v) is 9.27. The zero-order valence-electron chi connectivity index (χ0n) is 16.0. The van der Waals surface area contributed by atoms with Crippen molar-refractivity contribution in [1.29, 1.82) is 0 Å². The SMILES string of the molecule is Cc1c(C(N)=O)c2ccccc2n1C(=O)c1cccc(OCc2ccccc2)c1. The summed E-state index contributed by atoms with van der Waals surface area (Å²) in [5.74, 6) is -0.189. The van der Waals surface area contributed by atoms with Crippen LogP contribution in [0.3, 0.4) is 0 Å². The molecule has 0 saturated heterocycles. The molecule has 0 aliphatic rings. The topological polar surface area (TPSA) is 74.3 Å². The van der Waals surface area contributed by atoms with Crippen LogP contribution in [0.5, 0.6) is 5.75 Å². The first-order valence-electron chi connectivity index (χ1n) is 9.27. The lowest BCUT2D eigenvalue weighted by Crippen LogP contribution is -2.16. The third-order valence-corrected chi connectivity index (χ3v) is 4.89. The Morgan fingerprint density at radius 1 is 0.931 bits per heavy atom. The fourth-order valence-electron chi connectivity index (χ4n) is 3.53. The van der Waals surface area contributed by atoms with E-state index in [1.807, 2.05) is 54.6 Å². The van der Waals surface area contributed by atoms with Gasteiger partial charge in [0.2, 0.25) is 0 Å². The number of para-hydroxylation sites is 1. The molecule has 1 heterocycles. The zero-order chi connectivity index (χ0) is 20.4. The van der Waals surface area contributed by atoms with Crippen molar-refractivity contribution in [3.05, 3.63) is 101 Å². The first-order chi connectivity index (χ1) is 14.1. The monoisotopic (exact) mass is 384 g/mol. The Kier molecular flexibility index (Phi) is 4.87. The molecule has 0 saturated carbocycles. The molecule has 4 rings (SSSR count). The Morgan fingerprint density at radius 3 is 2.41 bits per heavy atom. The summed E-state index contributed by atoms with van der Waals surface area (Å²) in [4.78, 5) is 25.3. The summed E-state index contributed by atoms with van der Waals surface area (Å²) in [5.41, 5.74) is 8.63. The van der Waals surface area contributed by atoms with E-state index in [-0.39, 0.29) is 5.91 Å². The molecule has 0 spiro atoms. The smallest absolute Gasteiger partial charge is 0.262 e. The second-order valence-corrected chi connectivity index (χ2v) is 6.78. The van der Waals surface area contributed by atoms with E-state index in [0.717, 1.165) is 5.56 Å². The molecular formula is C24H20N2O3. The third kappa shape index (κ3) is 3.50. The summed E-state index contributed by atoms with van der Waals surface area (Å²) < 4.78 is 7.38. The van der Waals surface area contributed by atoms with Crippen molar-refractivity contribution in [2.24, 2.45) is 5.73 Å². The van der Waals surface area contributed by atoms with E-state index in [1.165, 1.54) is 4.57 Å². The van der Waals surface area contributed by atoms with E-state index >= 15 is 0 Å². The van der Waals surface area contributed by atoms with Gasteiger partial charge in [-0.1, -0.05) is 54.6 Å². The van der Waals surface area contributed by atoms with Gasteiger partial charge in [0.15, 0.2) is 0 Å². The van der Waals surface area contributed by atoms with E-state index in [2.05, 4.69) is 0 Å². The maximum absolute atomic E-state index is 13.3. The largest absolute Gasteiger partial charge is 0.489 e. The van der Waals surface area contributed by atoms with Crippen LogP contribution in [0.25, 0.3) is 10.9 Å². The molecule has 1 aromatic heterocycles. The van der Waals surface area contributed by atoms with Gasteiger partial charge >= 0.3 is 0 Å². The third-order valence-electron chi connectivity index (χ3n) is 4.89. The Balaban J connectivity index is 1.69. The fraction of sp³-hybridized carbons (Fsp3) is 0.0833. The highest BCUT2D eigenvalue weighted by Crippen LogP contribution is 2.27. The zero-order valence-corrected chi connectivity index (χ0v) is 16.0. The van der Waals surface area contributed by atoms with Gasteiger partial charge in [-0.2, -0.15) is 0 Å². The van der Waals surface area contributed by atoms with Crippen LogP contribution in [0.15, 0.2) is 78.9 Å². The number of benzene rings is 3. The van der Waals surface area contributed by atoms with Gasteiger partial charge in [0.05, 0.1) is 11.1 Å². The van der Waals surface area contributed by atoms with Gasteiger partial charge in [-0.3, -0.25) is 14.2 Å². The Hall–Kier alpha value is -3.86. The number of carbonyl (C=O) groups is 2. The minimum Gasteiger partial charge on any atom is -0.489 e. The summed E-state index contributed by atoms with van der Waals surface area (Å²) in [6.07, 6.45) is 0. The van der Waals surface area contributed by atoms with E-state index in [0.29, 0.717) is 40.1 Å². The lowest BCUT2D eigenvalue weighted by atomic mass is 10.1. The predicted octanol–water partition coefficient (Wildman–Crippen LogP) is 4.32. The van der Waals surface area contributed by atoms with Gasteiger partial charge in [-0.15, -0.1) is 0 Å². The lowest BCUT2D eigenvalue weighted by molar-refractivity contribution is 0.0962. The minimum atomic E-state index is -0.551. The number of carbonyl (C=O) groups excluding carboxylic acids is 2. The number of hydrogen-bond acceptors (Lipinski definition) is 3. The van der Waals surface area contributed by atoms with Crippen LogP contribution in [0.2, 0.25) is 0 Å². The van der Waals surface area contributed by atoms with Crippen LogP contribution >= 0.6 is 0 Å². The molecule has 3 aromatic carbocycles. The molecule has 0 unspecified atom stereocenters. The molecule has 0 aliphatic heterocycles. The van der Waals surface area contributed by atoms with Gasteiger partial charge in [0.1, 0.15) is 12.4 Å². The average molecular weight is 384 g/mol. The van der Waals surface area contributed by atoms with E-state index in [4.69, 9.17) is 10.5 Å². The summed E-state index contributed by atoms with van der Waals surface area (Å²) in [6, 6.07) is 24.1. The second kappa shape index (κ2) is 7.64. The molecular weight excluding hydrogens is 364 g/mol. The second-order valence-electron chi connectivity index (χ2n) is 6.78. The predicted molar refractivity (Wildman–Crippen MR) is 112 cm³/mol. The number of nitrogens with two attached hydrogens (primary N) is 1. The first kappa shape index (κ1) is 18.5. The highest BCUT2D eigenvalue weighted by Gasteiger charge is 2.22. The number of amides is 1. The summed E-state index contributed by atoms with van der Waals surface area (Å²) in [5, 5.41) is 0.669. The van der Waals surface area contributed by atoms with E-state index in [9.17, 15) is 9.59 Å². The molecule has 1 amide bonds. The number of hydrogen-bond donors (Lipinski definition) is 1. The van der Waals surface area contributed by atoms with Crippen molar-refractivity contribution in [2.45, 2.75) is 13.5 Å². The van der Waals surface area contributed by atoms with Crippen LogP contribution in [0.1, 0.15) is 32.0 Å². The number of fused-ring (bicyclic) bond motifs is 1. The normalized spacial score (nSPS) is 10.8. The molecule has 144 valence electrons. The molecule has 2 N–H and O–H groups in total. The Labute approximate surface area is 168 Å². The standard InChI is InChI=1S/C24H20N2O3/c1-16-22(23(25)27)20-12-5-6-13-21(20)26(16)24(28)18-10-7-11-19(14-18)29-15-17-8-3-2-4-9-17/h2-14H,15H2,1H3,(H2,25,27).